The molecule has 70 valence electrons. The van der Waals surface area contributed by atoms with Crippen LogP contribution in [-0.2, 0) is 4.79 Å². The summed E-state index contributed by atoms with van der Waals surface area (Å²) in [6, 6.07) is 6.48. The Morgan fingerprint density at radius 3 is 2.46 bits per heavy atom. The van der Waals surface area contributed by atoms with Gasteiger partial charge in [0.1, 0.15) is 0 Å². The molecule has 1 unspecified atom stereocenters. The van der Waals surface area contributed by atoms with Crippen LogP contribution in [0.3, 0.4) is 0 Å². The largest absolute Gasteiger partial charge is 0.295 e. The van der Waals surface area contributed by atoms with Gasteiger partial charge in [0.15, 0.2) is 12.0 Å². The number of carbonyl (C=O) groups excluding carboxylic acids is 1. The van der Waals surface area contributed by atoms with Gasteiger partial charge in [-0.1, -0.05) is 28.1 Å². The molecular formula is C9H7BrClFO. The van der Waals surface area contributed by atoms with Crippen LogP contribution in [0.15, 0.2) is 28.7 Å². The van der Waals surface area contributed by atoms with Crippen molar-refractivity contribution in [2.75, 3.05) is 5.88 Å². The van der Waals surface area contributed by atoms with Crippen LogP contribution >= 0.6 is 27.5 Å². The van der Waals surface area contributed by atoms with Crippen LogP contribution in [0.5, 0.6) is 0 Å². The van der Waals surface area contributed by atoms with Gasteiger partial charge in [0.25, 0.3) is 0 Å². The van der Waals surface area contributed by atoms with E-state index >= 15 is 0 Å². The first-order valence-corrected chi connectivity index (χ1v) is 4.96. The maximum atomic E-state index is 13.2. The molecule has 4 heteroatoms. The molecular weight excluding hydrogens is 258 g/mol. The third-order valence-electron chi connectivity index (χ3n) is 1.58. The van der Waals surface area contributed by atoms with Gasteiger partial charge in [-0.2, -0.15) is 0 Å². The predicted octanol–water partition coefficient (Wildman–Crippen LogP) is 3.27. The van der Waals surface area contributed by atoms with Gasteiger partial charge in [0, 0.05) is 4.47 Å². The average Bonchev–Trinajstić information content (AvgIpc) is 2.17. The van der Waals surface area contributed by atoms with Crippen molar-refractivity contribution in [1.29, 1.82) is 0 Å². The standard InChI is InChI=1S/C9H7BrClFO/c10-7-3-1-6(2-4-7)9(12)8(13)5-11/h1-4,9H,5H2. The maximum Gasteiger partial charge on any atom is 0.186 e. The number of alkyl halides is 2. The topological polar surface area (TPSA) is 17.1 Å². The lowest BCUT2D eigenvalue weighted by Gasteiger charge is -2.04. The summed E-state index contributed by atoms with van der Waals surface area (Å²) >= 11 is 8.44. The first-order chi connectivity index (χ1) is 6.15. The normalized spacial score (nSPS) is 12.5. The van der Waals surface area contributed by atoms with Crippen LogP contribution in [0.2, 0.25) is 0 Å². The van der Waals surface area contributed by atoms with Crippen molar-refractivity contribution in [3.05, 3.63) is 34.3 Å². The molecule has 1 aromatic carbocycles. The third kappa shape index (κ3) is 2.78. The molecule has 0 saturated carbocycles. The monoisotopic (exact) mass is 264 g/mol. The Balaban J connectivity index is 2.83. The molecule has 0 bridgehead atoms. The molecule has 0 saturated heterocycles. The van der Waals surface area contributed by atoms with Crippen LogP contribution in [0.25, 0.3) is 0 Å². The van der Waals surface area contributed by atoms with E-state index in [1.807, 2.05) is 0 Å². The molecule has 0 amide bonds. The van der Waals surface area contributed by atoms with Crippen molar-refractivity contribution in [2.45, 2.75) is 6.17 Å². The molecule has 13 heavy (non-hydrogen) atoms. The zero-order valence-corrected chi connectivity index (χ0v) is 8.98. The molecule has 0 fully saturated rings. The fourth-order valence-electron chi connectivity index (χ4n) is 0.885. The minimum atomic E-state index is -1.61. The molecule has 1 nitrogen and oxygen atoms in total. The van der Waals surface area contributed by atoms with E-state index in [9.17, 15) is 9.18 Å². The van der Waals surface area contributed by atoms with Crippen LogP contribution in [0, 0.1) is 0 Å². The predicted molar refractivity (Wildman–Crippen MR) is 53.7 cm³/mol. The highest BCUT2D eigenvalue weighted by molar-refractivity contribution is 9.10. The van der Waals surface area contributed by atoms with Crippen LogP contribution in [0.1, 0.15) is 11.7 Å². The number of hydrogen-bond acceptors (Lipinski definition) is 1. The Hall–Kier alpha value is -0.410. The van der Waals surface area contributed by atoms with Gasteiger partial charge in [0.2, 0.25) is 0 Å². The SMILES string of the molecule is O=C(CCl)C(F)c1ccc(Br)cc1. The molecule has 1 aromatic rings. The molecule has 0 aliphatic heterocycles. The zero-order valence-electron chi connectivity index (χ0n) is 6.64. The van der Waals surface area contributed by atoms with Gasteiger partial charge in [-0.25, -0.2) is 4.39 Å². The summed E-state index contributed by atoms with van der Waals surface area (Å²) in [5, 5.41) is 0. The summed E-state index contributed by atoms with van der Waals surface area (Å²) in [6.07, 6.45) is -1.61. The van der Waals surface area contributed by atoms with Crippen molar-refractivity contribution >= 4 is 33.3 Å². The van der Waals surface area contributed by atoms with Crippen molar-refractivity contribution in [2.24, 2.45) is 0 Å². The van der Waals surface area contributed by atoms with Gasteiger partial charge < -0.3 is 0 Å². The Morgan fingerprint density at radius 2 is 2.00 bits per heavy atom. The molecule has 1 rings (SSSR count). The van der Waals surface area contributed by atoms with E-state index in [2.05, 4.69) is 15.9 Å². The highest BCUT2D eigenvalue weighted by Crippen LogP contribution is 2.21. The lowest BCUT2D eigenvalue weighted by molar-refractivity contribution is -0.121. The van der Waals surface area contributed by atoms with Crippen molar-refractivity contribution < 1.29 is 9.18 Å². The number of halogens is 3. The molecule has 0 aliphatic carbocycles. The molecule has 0 spiro atoms. The Bertz CT molecular complexity index is 299. The van der Waals surface area contributed by atoms with Crippen molar-refractivity contribution in [3.63, 3.8) is 0 Å². The van der Waals surface area contributed by atoms with E-state index in [0.717, 1.165) is 4.47 Å². The second-order valence-electron chi connectivity index (χ2n) is 2.51. The number of carbonyl (C=O) groups is 1. The summed E-state index contributed by atoms with van der Waals surface area (Å²) in [5.41, 5.74) is 0.342. The summed E-state index contributed by atoms with van der Waals surface area (Å²) in [6.45, 7) is 0. The van der Waals surface area contributed by atoms with Crippen molar-refractivity contribution in [3.8, 4) is 0 Å². The zero-order chi connectivity index (χ0) is 9.84. The molecule has 0 N–H and O–H groups in total. The Morgan fingerprint density at radius 1 is 1.46 bits per heavy atom. The van der Waals surface area contributed by atoms with E-state index in [0.29, 0.717) is 5.56 Å². The minimum Gasteiger partial charge on any atom is -0.295 e. The number of rotatable bonds is 3. The van der Waals surface area contributed by atoms with Gasteiger partial charge in [-0.05, 0) is 17.7 Å². The van der Waals surface area contributed by atoms with E-state index < -0.39 is 12.0 Å². The Labute approximate surface area is 89.0 Å². The van der Waals surface area contributed by atoms with Gasteiger partial charge in [-0.3, -0.25) is 4.79 Å². The quantitative estimate of drug-likeness (QED) is 0.767. The smallest absolute Gasteiger partial charge is 0.186 e. The van der Waals surface area contributed by atoms with Crippen LogP contribution in [0.4, 0.5) is 4.39 Å². The highest BCUT2D eigenvalue weighted by atomic mass is 79.9. The van der Waals surface area contributed by atoms with E-state index in [1.54, 1.807) is 24.3 Å². The third-order valence-corrected chi connectivity index (χ3v) is 2.37. The molecule has 1 atom stereocenters. The van der Waals surface area contributed by atoms with E-state index in [1.165, 1.54) is 0 Å². The summed E-state index contributed by atoms with van der Waals surface area (Å²) in [7, 11) is 0. The van der Waals surface area contributed by atoms with Gasteiger partial charge in [-0.15, -0.1) is 11.6 Å². The van der Waals surface area contributed by atoms with Gasteiger partial charge in [0.05, 0.1) is 5.88 Å². The highest BCUT2D eigenvalue weighted by Gasteiger charge is 2.17. The lowest BCUT2D eigenvalue weighted by atomic mass is 10.1. The fraction of sp³-hybridized carbons (Fsp3) is 0.222. The molecule has 0 radical (unpaired) electrons. The molecule has 0 aliphatic rings. The summed E-state index contributed by atoms with van der Waals surface area (Å²) < 4.78 is 14.1. The van der Waals surface area contributed by atoms with Crippen LogP contribution in [-0.4, -0.2) is 11.7 Å². The summed E-state index contributed by atoms with van der Waals surface area (Å²) in [5.74, 6) is -0.902. The van der Waals surface area contributed by atoms with Crippen molar-refractivity contribution in [1.82, 2.24) is 0 Å². The fourth-order valence-corrected chi connectivity index (χ4v) is 1.29. The second kappa shape index (κ2) is 4.72. The summed E-state index contributed by atoms with van der Waals surface area (Å²) in [4.78, 5) is 10.9. The second-order valence-corrected chi connectivity index (χ2v) is 3.70. The molecule has 0 aromatic heterocycles. The molecule has 0 heterocycles. The Kier molecular flexibility index (Phi) is 3.88. The number of ketones is 1. The van der Waals surface area contributed by atoms with E-state index in [4.69, 9.17) is 11.6 Å². The maximum absolute atomic E-state index is 13.2. The number of Topliss-reactive ketones (excluding diaryl/α,β-unsaturated/α-hetero) is 1. The van der Waals surface area contributed by atoms with Gasteiger partial charge >= 0.3 is 0 Å². The number of benzene rings is 1. The minimum absolute atomic E-state index is 0.294. The van der Waals surface area contributed by atoms with Crippen LogP contribution < -0.4 is 0 Å². The first kappa shape index (κ1) is 10.7. The first-order valence-electron chi connectivity index (χ1n) is 3.63. The average molecular weight is 266 g/mol. The number of hydrogen-bond donors (Lipinski definition) is 0. The van der Waals surface area contributed by atoms with E-state index in [-0.39, 0.29) is 5.88 Å². The lowest BCUT2D eigenvalue weighted by Crippen LogP contribution is -2.08.